The fourth-order valence-corrected chi connectivity index (χ4v) is 5.18. The number of nitrogens with one attached hydrogen (secondary N) is 3. The second kappa shape index (κ2) is 10.3. The predicted molar refractivity (Wildman–Crippen MR) is 145 cm³/mol. The Morgan fingerprint density at radius 2 is 1.61 bits per heavy atom. The van der Waals surface area contributed by atoms with Crippen LogP contribution >= 0.6 is 0 Å². The van der Waals surface area contributed by atoms with Crippen molar-refractivity contribution >= 4 is 33.0 Å². The summed E-state index contributed by atoms with van der Waals surface area (Å²) in [5.41, 5.74) is 5.58. The lowest BCUT2D eigenvalue weighted by molar-refractivity contribution is 0.577. The third-order valence-corrected chi connectivity index (χ3v) is 7.50. The molecule has 0 radical (unpaired) electrons. The highest BCUT2D eigenvalue weighted by Crippen LogP contribution is 2.30. The summed E-state index contributed by atoms with van der Waals surface area (Å²) in [6.07, 6.45) is 3.27. The minimum absolute atomic E-state index is 0.205. The second-order valence-electron chi connectivity index (χ2n) is 8.56. The van der Waals surface area contributed by atoms with Crippen LogP contribution in [0.2, 0.25) is 0 Å². The second-order valence-corrected chi connectivity index (χ2v) is 10.3. The zero-order valence-electron chi connectivity index (χ0n) is 19.7. The van der Waals surface area contributed by atoms with E-state index in [-0.39, 0.29) is 4.90 Å². The number of fused-ring (bicyclic) bond motifs is 4. The summed E-state index contributed by atoms with van der Waals surface area (Å²) < 4.78 is 27.8. The fourth-order valence-electron chi connectivity index (χ4n) is 4.06. The number of benzene rings is 3. The zero-order valence-corrected chi connectivity index (χ0v) is 20.6. The van der Waals surface area contributed by atoms with Gasteiger partial charge in [0.05, 0.1) is 4.90 Å². The first-order chi connectivity index (χ1) is 17.5. The molecule has 8 heteroatoms. The van der Waals surface area contributed by atoms with E-state index >= 15 is 0 Å². The van der Waals surface area contributed by atoms with Crippen LogP contribution in [0.4, 0.5) is 17.5 Å². The highest BCUT2D eigenvalue weighted by Gasteiger charge is 2.16. The van der Waals surface area contributed by atoms with Crippen LogP contribution in [-0.2, 0) is 10.0 Å². The lowest BCUT2D eigenvalue weighted by Crippen LogP contribution is -2.25. The molecule has 0 aliphatic carbocycles. The molecule has 0 spiro atoms. The van der Waals surface area contributed by atoms with Gasteiger partial charge in [-0.15, -0.1) is 0 Å². The maximum Gasteiger partial charge on any atom is 0.240 e. The number of anilines is 3. The normalized spacial score (nSPS) is 15.1. The maximum atomic E-state index is 12.6. The predicted octanol–water partition coefficient (Wildman–Crippen LogP) is 5.43. The van der Waals surface area contributed by atoms with Gasteiger partial charge in [-0.1, -0.05) is 67.2 Å². The molecule has 36 heavy (non-hydrogen) atoms. The Bertz CT molecular complexity index is 1490. The number of hydrogen-bond donors (Lipinski definition) is 3. The van der Waals surface area contributed by atoms with Crippen LogP contribution in [0, 0.1) is 0 Å². The first kappa shape index (κ1) is 23.7. The van der Waals surface area contributed by atoms with E-state index in [4.69, 9.17) is 4.98 Å². The van der Waals surface area contributed by atoms with Crippen molar-refractivity contribution in [2.24, 2.45) is 0 Å². The Hall–Kier alpha value is -4.01. The molecule has 3 aromatic carbocycles. The van der Waals surface area contributed by atoms with E-state index in [0.29, 0.717) is 31.1 Å². The van der Waals surface area contributed by atoms with Crippen molar-refractivity contribution in [1.29, 1.82) is 0 Å². The Kier molecular flexibility index (Phi) is 6.79. The minimum atomic E-state index is -3.57. The van der Waals surface area contributed by atoms with Gasteiger partial charge in [-0.05, 0) is 53.3 Å². The Balaban J connectivity index is 1.45. The first-order valence-electron chi connectivity index (χ1n) is 11.8. The van der Waals surface area contributed by atoms with Crippen molar-refractivity contribution in [3.63, 3.8) is 0 Å². The summed E-state index contributed by atoms with van der Waals surface area (Å²) in [4.78, 5) is 9.43. The van der Waals surface area contributed by atoms with Crippen LogP contribution in [0.3, 0.4) is 0 Å². The summed E-state index contributed by atoms with van der Waals surface area (Å²) in [5.74, 6) is 1.10. The average molecular weight is 498 g/mol. The minimum Gasteiger partial charge on any atom is -0.369 e. The zero-order chi connectivity index (χ0) is 25.0. The molecule has 0 amide bonds. The first-order valence-corrected chi connectivity index (χ1v) is 13.3. The smallest absolute Gasteiger partial charge is 0.240 e. The van der Waals surface area contributed by atoms with E-state index in [0.717, 1.165) is 40.1 Å². The Morgan fingerprint density at radius 1 is 0.861 bits per heavy atom. The molecular weight excluding hydrogens is 470 g/mol. The number of aromatic nitrogens is 2. The summed E-state index contributed by atoms with van der Waals surface area (Å²) in [7, 11) is -3.57. The third-order valence-electron chi connectivity index (χ3n) is 6.04. The van der Waals surface area contributed by atoms with Crippen molar-refractivity contribution in [2.45, 2.75) is 17.7 Å². The van der Waals surface area contributed by atoms with E-state index < -0.39 is 10.0 Å². The van der Waals surface area contributed by atoms with E-state index in [2.05, 4.69) is 63.3 Å². The average Bonchev–Trinajstić information content (AvgIpc) is 2.91. The van der Waals surface area contributed by atoms with Crippen molar-refractivity contribution in [2.75, 3.05) is 23.7 Å². The van der Waals surface area contributed by atoms with Gasteiger partial charge < -0.3 is 10.6 Å². The Morgan fingerprint density at radius 3 is 2.42 bits per heavy atom. The summed E-state index contributed by atoms with van der Waals surface area (Å²) >= 11 is 0. The number of hydrogen-bond acceptors (Lipinski definition) is 6. The van der Waals surface area contributed by atoms with Gasteiger partial charge in [0.2, 0.25) is 16.0 Å². The van der Waals surface area contributed by atoms with Gasteiger partial charge in [0.25, 0.3) is 0 Å². The van der Waals surface area contributed by atoms with Crippen molar-refractivity contribution < 1.29 is 8.42 Å². The van der Waals surface area contributed by atoms with Gasteiger partial charge in [-0.3, -0.25) is 0 Å². The molecule has 5 rings (SSSR count). The third kappa shape index (κ3) is 5.30. The van der Waals surface area contributed by atoms with Gasteiger partial charge in [-0.2, -0.15) is 4.98 Å². The molecule has 1 aliphatic heterocycles. The van der Waals surface area contributed by atoms with Crippen LogP contribution in [-0.4, -0.2) is 31.5 Å². The molecule has 1 aliphatic rings. The van der Waals surface area contributed by atoms with E-state index in [1.165, 1.54) is 0 Å². The molecule has 182 valence electrons. The quantitative estimate of drug-likeness (QED) is 0.349. The molecular formula is C28H27N5O2S. The molecule has 2 heterocycles. The molecule has 0 saturated carbocycles. The molecule has 1 aromatic heterocycles. The number of sulfonamides is 1. The molecule has 0 atom stereocenters. The summed E-state index contributed by atoms with van der Waals surface area (Å²) in [6, 6.07) is 25.0. The molecule has 0 unspecified atom stereocenters. The summed E-state index contributed by atoms with van der Waals surface area (Å²) in [5, 5.41) is 6.54. The van der Waals surface area contributed by atoms with Crippen LogP contribution < -0.4 is 15.4 Å². The summed E-state index contributed by atoms with van der Waals surface area (Å²) in [6.45, 7) is 5.28. The topological polar surface area (TPSA) is 96.0 Å². The lowest BCUT2D eigenvalue weighted by atomic mass is 9.97. The largest absolute Gasteiger partial charge is 0.369 e. The molecule has 4 bridgehead atoms. The van der Waals surface area contributed by atoms with Crippen molar-refractivity contribution in [3.05, 3.63) is 103 Å². The molecule has 0 fully saturated rings. The molecule has 0 saturated heterocycles. The van der Waals surface area contributed by atoms with E-state index in [1.807, 2.05) is 18.2 Å². The monoisotopic (exact) mass is 497 g/mol. The number of rotatable bonds is 3. The van der Waals surface area contributed by atoms with Crippen molar-refractivity contribution in [3.8, 4) is 11.1 Å². The maximum absolute atomic E-state index is 12.6. The van der Waals surface area contributed by atoms with Gasteiger partial charge in [0, 0.05) is 30.5 Å². The standard InChI is InChI=1S/C28H27N5O2S/c1-20(21-8-3-2-4-9-21)22-12-14-23(15-13-22)26-19-30-28-32-24-10-7-11-25(18-24)36(34,35)31-17-6-5-16-29-27(26)33-28/h2-4,7-15,18-19,31H,1,5-6,16-17H2,(H2,29,30,32,33). The number of nitrogens with zero attached hydrogens (tertiary/aromatic N) is 2. The highest BCUT2D eigenvalue weighted by molar-refractivity contribution is 7.89. The van der Waals surface area contributed by atoms with Crippen LogP contribution in [0.15, 0.2) is 96.5 Å². The van der Waals surface area contributed by atoms with Crippen LogP contribution in [0.1, 0.15) is 24.0 Å². The molecule has 3 N–H and O–H groups in total. The van der Waals surface area contributed by atoms with Gasteiger partial charge in [0.1, 0.15) is 5.82 Å². The van der Waals surface area contributed by atoms with Crippen molar-refractivity contribution in [1.82, 2.24) is 14.7 Å². The lowest BCUT2D eigenvalue weighted by Gasteiger charge is -2.15. The van der Waals surface area contributed by atoms with Gasteiger partial charge in [-0.25, -0.2) is 18.1 Å². The molecule has 7 nitrogen and oxygen atoms in total. The van der Waals surface area contributed by atoms with Gasteiger partial charge >= 0.3 is 0 Å². The fraction of sp³-hybridized carbons (Fsp3) is 0.143. The molecule has 4 aromatic rings. The van der Waals surface area contributed by atoms with Crippen LogP contribution in [0.5, 0.6) is 0 Å². The van der Waals surface area contributed by atoms with Crippen LogP contribution in [0.25, 0.3) is 16.7 Å². The van der Waals surface area contributed by atoms with Gasteiger partial charge in [0.15, 0.2) is 0 Å². The highest BCUT2D eigenvalue weighted by atomic mass is 32.2. The Labute approximate surface area is 211 Å². The van der Waals surface area contributed by atoms with E-state index in [1.54, 1.807) is 30.5 Å². The SMILES string of the molecule is C=C(c1ccccc1)c1ccc(-c2cnc3nc2NCCCCNS(=O)(=O)c2cccc(c2)N3)cc1. The van der Waals surface area contributed by atoms with E-state index in [9.17, 15) is 8.42 Å².